The Morgan fingerprint density at radius 2 is 1.95 bits per heavy atom. The number of hydrogen-bond donors (Lipinski definition) is 2. The molecule has 118 valence electrons. The molecule has 3 N–H and O–H groups in total. The number of nitrogens with two attached hydrogens (primary N) is 1. The smallest absolute Gasteiger partial charge is 0.239 e. The lowest BCUT2D eigenvalue weighted by Gasteiger charge is -2.32. The first-order valence-electron chi connectivity index (χ1n) is 6.90. The van der Waals surface area contributed by atoms with Crippen molar-refractivity contribution in [3.05, 3.63) is 34.3 Å². The van der Waals surface area contributed by atoms with E-state index in [1.165, 1.54) is 0 Å². The summed E-state index contributed by atoms with van der Waals surface area (Å²) in [7, 11) is 1.55. The Hall–Kier alpha value is -0.620. The molecule has 2 rings (SSSR count). The summed E-state index contributed by atoms with van der Waals surface area (Å²) in [6.07, 6.45) is 4.16. The van der Waals surface area contributed by atoms with Crippen LogP contribution in [-0.2, 0) is 15.1 Å². The van der Waals surface area contributed by atoms with Crippen molar-refractivity contribution in [1.29, 1.82) is 0 Å². The van der Waals surface area contributed by atoms with Gasteiger partial charge in [-0.25, -0.2) is 0 Å². The molecule has 1 aromatic rings. The van der Waals surface area contributed by atoms with E-state index in [1.54, 1.807) is 7.11 Å². The molecule has 1 aliphatic rings. The van der Waals surface area contributed by atoms with Gasteiger partial charge in [0.1, 0.15) is 6.04 Å². The topological polar surface area (TPSA) is 64.3 Å². The maximum absolute atomic E-state index is 12.2. The second kappa shape index (κ2) is 8.13. The fourth-order valence-electron chi connectivity index (χ4n) is 2.82. The third kappa shape index (κ3) is 4.42. The van der Waals surface area contributed by atoms with E-state index in [1.807, 2.05) is 12.1 Å². The maximum Gasteiger partial charge on any atom is 0.239 e. The zero-order valence-corrected chi connectivity index (χ0v) is 14.5. The van der Waals surface area contributed by atoms with Crippen molar-refractivity contribution in [2.45, 2.75) is 37.3 Å². The maximum atomic E-state index is 12.2. The normalized spacial score (nSPS) is 17.9. The Kier molecular flexibility index (Phi) is 7.13. The van der Waals surface area contributed by atoms with Crippen LogP contribution in [0.2, 0.25) is 0 Å². The van der Waals surface area contributed by atoms with Gasteiger partial charge in [-0.3, -0.25) is 4.79 Å². The molecule has 1 aromatic carbocycles. The quantitative estimate of drug-likeness (QED) is 0.829. The van der Waals surface area contributed by atoms with Crippen molar-refractivity contribution >= 4 is 34.2 Å². The molecule has 0 radical (unpaired) electrons. The Bertz CT molecular complexity index is 461. The van der Waals surface area contributed by atoms with Gasteiger partial charge in [0, 0.05) is 11.6 Å². The molecule has 0 bridgehead atoms. The molecule has 1 atom stereocenters. The lowest BCUT2D eigenvalue weighted by atomic mass is 9.88. The summed E-state index contributed by atoms with van der Waals surface area (Å²) in [5.74, 6) is -0.142. The van der Waals surface area contributed by atoms with Gasteiger partial charge in [0.2, 0.25) is 5.91 Å². The molecule has 4 nitrogen and oxygen atoms in total. The molecule has 0 aliphatic heterocycles. The van der Waals surface area contributed by atoms with Gasteiger partial charge >= 0.3 is 0 Å². The number of nitrogens with one attached hydrogen (secondary N) is 1. The minimum Gasteiger partial charge on any atom is -0.383 e. The molecule has 1 aliphatic carbocycles. The summed E-state index contributed by atoms with van der Waals surface area (Å²) < 4.78 is 5.99. The summed E-state index contributed by atoms with van der Waals surface area (Å²) in [4.78, 5) is 12.2. The van der Waals surface area contributed by atoms with Crippen molar-refractivity contribution in [3.63, 3.8) is 0 Å². The molecule has 0 heterocycles. The number of halogens is 2. The van der Waals surface area contributed by atoms with Crippen LogP contribution >= 0.6 is 28.3 Å². The molecular formula is C15H22BrClN2O2. The van der Waals surface area contributed by atoms with E-state index >= 15 is 0 Å². The van der Waals surface area contributed by atoms with E-state index in [-0.39, 0.29) is 30.5 Å². The summed E-state index contributed by atoms with van der Waals surface area (Å²) in [5, 5.41) is 3.15. The Balaban J connectivity index is 0.00000220. The van der Waals surface area contributed by atoms with Gasteiger partial charge in [-0.05, 0) is 30.5 Å². The van der Waals surface area contributed by atoms with Crippen molar-refractivity contribution in [3.8, 4) is 0 Å². The summed E-state index contributed by atoms with van der Waals surface area (Å²) >= 11 is 3.44. The third-order valence-electron chi connectivity index (χ3n) is 3.90. The highest BCUT2D eigenvalue weighted by atomic mass is 79.9. The minimum atomic E-state index is -0.618. The first kappa shape index (κ1) is 18.4. The largest absolute Gasteiger partial charge is 0.383 e. The molecule has 1 fully saturated rings. The van der Waals surface area contributed by atoms with Gasteiger partial charge in [-0.1, -0.05) is 40.9 Å². The number of methoxy groups -OCH3 is 1. The lowest BCUT2D eigenvalue weighted by Crippen LogP contribution is -2.52. The molecule has 21 heavy (non-hydrogen) atoms. The molecule has 1 saturated carbocycles. The van der Waals surface area contributed by atoms with Crippen molar-refractivity contribution in [2.75, 3.05) is 13.7 Å². The highest BCUT2D eigenvalue weighted by molar-refractivity contribution is 9.10. The van der Waals surface area contributed by atoms with Gasteiger partial charge < -0.3 is 15.8 Å². The number of ether oxygens (including phenoxy) is 1. The van der Waals surface area contributed by atoms with Crippen LogP contribution in [0.25, 0.3) is 0 Å². The fourth-order valence-corrected chi connectivity index (χ4v) is 3.08. The van der Waals surface area contributed by atoms with Gasteiger partial charge in [0.05, 0.1) is 12.1 Å². The molecular weight excluding hydrogens is 356 g/mol. The Morgan fingerprint density at radius 1 is 1.38 bits per heavy atom. The number of carbonyl (C=O) groups excluding carboxylic acids is 1. The van der Waals surface area contributed by atoms with Crippen LogP contribution < -0.4 is 11.1 Å². The number of amides is 1. The van der Waals surface area contributed by atoms with Crippen molar-refractivity contribution in [2.24, 2.45) is 5.73 Å². The predicted molar refractivity (Wildman–Crippen MR) is 89.5 cm³/mol. The van der Waals surface area contributed by atoms with Crippen LogP contribution in [0.15, 0.2) is 28.7 Å². The predicted octanol–water partition coefficient (Wildman–Crippen LogP) is 2.73. The standard InChI is InChI=1S/C15H21BrN2O2.ClH/c1-20-10-13(17)14(19)18-15(8-2-3-9-15)11-4-6-12(16)7-5-11;/h4-7,13H,2-3,8-10,17H2,1H3,(H,18,19);1H. The molecule has 0 saturated heterocycles. The van der Waals surface area contributed by atoms with Crippen LogP contribution in [0.3, 0.4) is 0 Å². The number of benzene rings is 1. The van der Waals surface area contributed by atoms with Crippen LogP contribution in [0.5, 0.6) is 0 Å². The molecule has 6 heteroatoms. The van der Waals surface area contributed by atoms with Crippen LogP contribution in [0.4, 0.5) is 0 Å². The fraction of sp³-hybridized carbons (Fsp3) is 0.533. The molecule has 1 amide bonds. The molecule has 0 aromatic heterocycles. The number of rotatable bonds is 5. The van der Waals surface area contributed by atoms with E-state index in [2.05, 4.69) is 33.4 Å². The van der Waals surface area contributed by atoms with Gasteiger partial charge in [0.25, 0.3) is 0 Å². The SMILES string of the molecule is COCC(N)C(=O)NC1(c2ccc(Br)cc2)CCCC1.Cl. The second-order valence-corrected chi connectivity index (χ2v) is 6.26. The number of carbonyl (C=O) groups is 1. The molecule has 1 unspecified atom stereocenters. The zero-order valence-electron chi connectivity index (χ0n) is 12.1. The van der Waals surface area contributed by atoms with Crippen molar-refractivity contribution < 1.29 is 9.53 Å². The van der Waals surface area contributed by atoms with Crippen LogP contribution in [0, 0.1) is 0 Å². The average molecular weight is 378 g/mol. The minimum absolute atomic E-state index is 0. The highest BCUT2D eigenvalue weighted by Gasteiger charge is 2.37. The van der Waals surface area contributed by atoms with Gasteiger partial charge in [-0.15, -0.1) is 12.4 Å². The summed E-state index contributed by atoms with van der Waals surface area (Å²) in [5.41, 5.74) is 6.70. The highest BCUT2D eigenvalue weighted by Crippen LogP contribution is 2.39. The van der Waals surface area contributed by atoms with Gasteiger partial charge in [0.15, 0.2) is 0 Å². The van der Waals surface area contributed by atoms with Gasteiger partial charge in [-0.2, -0.15) is 0 Å². The Labute approximate surface area is 140 Å². The summed E-state index contributed by atoms with van der Waals surface area (Å²) in [6, 6.07) is 7.54. The monoisotopic (exact) mass is 376 g/mol. The van der Waals surface area contributed by atoms with E-state index in [4.69, 9.17) is 10.5 Å². The summed E-state index contributed by atoms with van der Waals surface area (Å²) in [6.45, 7) is 0.238. The van der Waals surface area contributed by atoms with E-state index in [0.29, 0.717) is 0 Å². The lowest BCUT2D eigenvalue weighted by molar-refractivity contribution is -0.125. The Morgan fingerprint density at radius 3 is 2.48 bits per heavy atom. The first-order chi connectivity index (χ1) is 9.57. The van der Waals surface area contributed by atoms with Crippen LogP contribution in [-0.4, -0.2) is 25.7 Å². The first-order valence-corrected chi connectivity index (χ1v) is 7.69. The second-order valence-electron chi connectivity index (χ2n) is 5.35. The molecule has 0 spiro atoms. The van der Waals surface area contributed by atoms with E-state index < -0.39 is 6.04 Å². The average Bonchev–Trinajstić information content (AvgIpc) is 2.89. The zero-order chi connectivity index (χ0) is 14.6. The van der Waals surface area contributed by atoms with Crippen molar-refractivity contribution in [1.82, 2.24) is 5.32 Å². The van der Waals surface area contributed by atoms with E-state index in [9.17, 15) is 4.79 Å². The van der Waals surface area contributed by atoms with Crippen LogP contribution in [0.1, 0.15) is 31.2 Å². The number of hydrogen-bond acceptors (Lipinski definition) is 3. The van der Waals surface area contributed by atoms with E-state index in [0.717, 1.165) is 35.7 Å². The third-order valence-corrected chi connectivity index (χ3v) is 4.43.